The third-order valence-corrected chi connectivity index (χ3v) is 15.1. The van der Waals surface area contributed by atoms with Gasteiger partial charge < -0.3 is 0 Å². The van der Waals surface area contributed by atoms with E-state index in [-0.39, 0.29) is 10.8 Å². The van der Waals surface area contributed by atoms with Gasteiger partial charge in [-0.15, -0.1) is 0 Å². The van der Waals surface area contributed by atoms with E-state index >= 15 is 0 Å². The Kier molecular flexibility index (Phi) is 8.82. The molecule has 4 aromatic rings. The maximum Gasteiger partial charge on any atom is 0.123 e. The van der Waals surface area contributed by atoms with Crippen molar-refractivity contribution in [2.45, 2.75) is 117 Å². The maximum absolute atomic E-state index is 2.47. The second kappa shape index (κ2) is 12.8. The monoisotopic (exact) mass is 647 g/mol. The van der Waals surface area contributed by atoms with E-state index in [1.807, 2.05) is 0 Å². The molecule has 48 heavy (non-hydrogen) atoms. The summed E-state index contributed by atoms with van der Waals surface area (Å²) in [7, 11) is -1.08. The van der Waals surface area contributed by atoms with Crippen LogP contribution in [-0.2, 0) is 23.7 Å². The van der Waals surface area contributed by atoms with Crippen LogP contribution in [0.2, 0.25) is 6.04 Å². The molecule has 1 radical (unpaired) electrons. The summed E-state index contributed by atoms with van der Waals surface area (Å²) >= 11 is 0. The second-order valence-electron chi connectivity index (χ2n) is 17.2. The summed E-state index contributed by atoms with van der Waals surface area (Å²) in [5, 5.41) is 3.47. The summed E-state index contributed by atoms with van der Waals surface area (Å²) in [5.74, 6) is 0.831. The van der Waals surface area contributed by atoms with Crippen LogP contribution in [-0.4, -0.2) is 8.80 Å². The molecule has 0 spiro atoms. The van der Waals surface area contributed by atoms with Crippen LogP contribution in [0.4, 0.5) is 0 Å². The second-order valence-corrected chi connectivity index (χ2v) is 19.6. The van der Waals surface area contributed by atoms with E-state index in [0.29, 0.717) is 0 Å². The summed E-state index contributed by atoms with van der Waals surface area (Å²) in [4.78, 5) is 0. The van der Waals surface area contributed by atoms with Crippen LogP contribution in [0.3, 0.4) is 0 Å². The minimum Gasteiger partial charge on any atom is -0.0689 e. The fraction of sp³-hybridized carbons (Fsp3) is 0.404. The third kappa shape index (κ3) is 6.24. The SMILES string of the molecule is CC1=C([Si](CC2CCCCC2)C2=C(C)Cc3cccc(-c4ccc(C(C)(C)C)cc4)c32)c2c(cccc2-c2ccc(C(C)(C)C)cc2)C1. The van der Waals surface area contributed by atoms with E-state index in [2.05, 4.69) is 140 Å². The van der Waals surface area contributed by atoms with Crippen LogP contribution in [0.1, 0.15) is 121 Å². The van der Waals surface area contributed by atoms with Gasteiger partial charge in [0.15, 0.2) is 0 Å². The Morgan fingerprint density at radius 1 is 0.542 bits per heavy atom. The Labute approximate surface area is 293 Å². The van der Waals surface area contributed by atoms with Crippen molar-refractivity contribution in [2.24, 2.45) is 5.92 Å². The Bertz CT molecular complexity index is 1750. The van der Waals surface area contributed by atoms with Crippen molar-refractivity contribution in [1.82, 2.24) is 0 Å². The van der Waals surface area contributed by atoms with E-state index in [1.54, 1.807) is 32.7 Å². The van der Waals surface area contributed by atoms with Gasteiger partial charge in [-0.2, -0.15) is 0 Å². The molecular weight excluding hydrogens is 593 g/mol. The van der Waals surface area contributed by atoms with Crippen LogP contribution in [0.15, 0.2) is 96.1 Å². The van der Waals surface area contributed by atoms with Crippen molar-refractivity contribution in [3.05, 3.63) is 129 Å². The van der Waals surface area contributed by atoms with E-state index < -0.39 is 8.80 Å². The normalized spacial score (nSPS) is 17.0. The molecule has 0 N–H and O–H groups in total. The molecule has 1 fully saturated rings. The van der Waals surface area contributed by atoms with Gasteiger partial charge in [-0.25, -0.2) is 0 Å². The number of fused-ring (bicyclic) bond motifs is 2. The molecule has 247 valence electrons. The molecule has 1 saturated carbocycles. The Morgan fingerprint density at radius 3 is 1.35 bits per heavy atom. The number of allylic oxidation sites excluding steroid dienone is 2. The average molecular weight is 648 g/mol. The zero-order valence-electron chi connectivity index (χ0n) is 30.8. The Hall–Kier alpha value is -3.42. The smallest absolute Gasteiger partial charge is 0.0689 e. The molecule has 3 aliphatic rings. The lowest BCUT2D eigenvalue weighted by Crippen LogP contribution is -2.24. The highest BCUT2D eigenvalue weighted by molar-refractivity contribution is 6.95. The van der Waals surface area contributed by atoms with Gasteiger partial charge >= 0.3 is 0 Å². The highest BCUT2D eigenvalue weighted by Gasteiger charge is 2.38. The van der Waals surface area contributed by atoms with Crippen LogP contribution < -0.4 is 0 Å². The van der Waals surface area contributed by atoms with Gasteiger partial charge in [0, 0.05) is 0 Å². The summed E-state index contributed by atoms with van der Waals surface area (Å²) in [6.45, 7) is 18.8. The molecule has 0 atom stereocenters. The topological polar surface area (TPSA) is 0 Å². The Balaban J connectivity index is 1.38. The van der Waals surface area contributed by atoms with Crippen molar-refractivity contribution < 1.29 is 0 Å². The molecule has 0 heterocycles. The van der Waals surface area contributed by atoms with Gasteiger partial charge in [-0.05, 0) is 116 Å². The molecule has 0 aliphatic heterocycles. The highest BCUT2D eigenvalue weighted by Crippen LogP contribution is 2.50. The number of hydrogen-bond acceptors (Lipinski definition) is 0. The molecule has 4 aromatic carbocycles. The van der Waals surface area contributed by atoms with Gasteiger partial charge in [0.2, 0.25) is 0 Å². The molecule has 0 aromatic heterocycles. The lowest BCUT2D eigenvalue weighted by molar-refractivity contribution is 0.384. The Morgan fingerprint density at radius 2 is 0.958 bits per heavy atom. The molecule has 0 bridgehead atoms. The first-order valence-electron chi connectivity index (χ1n) is 18.6. The van der Waals surface area contributed by atoms with Gasteiger partial charge in [-0.3, -0.25) is 0 Å². The average Bonchev–Trinajstić information content (AvgIpc) is 3.58. The molecule has 0 saturated heterocycles. The number of hydrogen-bond donors (Lipinski definition) is 0. The fourth-order valence-electron chi connectivity index (χ4n) is 8.87. The maximum atomic E-state index is 2.47. The van der Waals surface area contributed by atoms with Crippen molar-refractivity contribution in [3.63, 3.8) is 0 Å². The van der Waals surface area contributed by atoms with Gasteiger partial charge in [0.1, 0.15) is 8.80 Å². The van der Waals surface area contributed by atoms with E-state index in [9.17, 15) is 0 Å². The summed E-state index contributed by atoms with van der Waals surface area (Å²) in [6, 6.07) is 34.7. The van der Waals surface area contributed by atoms with E-state index in [4.69, 9.17) is 0 Å². The quantitative estimate of drug-likeness (QED) is 0.183. The van der Waals surface area contributed by atoms with Gasteiger partial charge in [0.25, 0.3) is 0 Å². The molecule has 1 heteroatoms. The first-order chi connectivity index (χ1) is 22.9. The molecule has 0 amide bonds. The molecule has 0 nitrogen and oxygen atoms in total. The lowest BCUT2D eigenvalue weighted by atomic mass is 9.86. The zero-order valence-corrected chi connectivity index (χ0v) is 31.8. The highest BCUT2D eigenvalue weighted by atomic mass is 28.3. The largest absolute Gasteiger partial charge is 0.123 e. The molecule has 3 aliphatic carbocycles. The first kappa shape index (κ1) is 33.1. The van der Waals surface area contributed by atoms with Crippen LogP contribution in [0.25, 0.3) is 32.6 Å². The van der Waals surface area contributed by atoms with Gasteiger partial charge in [0.05, 0.1) is 0 Å². The minimum absolute atomic E-state index is 0.152. The first-order valence-corrected chi connectivity index (χ1v) is 20.3. The molecule has 0 unspecified atom stereocenters. The summed E-state index contributed by atoms with van der Waals surface area (Å²) in [5.41, 5.74) is 18.2. The summed E-state index contributed by atoms with van der Waals surface area (Å²) in [6.07, 6.45) is 9.20. The van der Waals surface area contributed by atoms with Crippen molar-refractivity contribution in [3.8, 4) is 22.3 Å². The van der Waals surface area contributed by atoms with Crippen molar-refractivity contribution in [1.29, 1.82) is 0 Å². The fourth-order valence-corrected chi connectivity index (χ4v) is 12.9. The number of benzene rings is 4. The molecule has 7 rings (SSSR count). The molecular formula is C47H55Si. The summed E-state index contributed by atoms with van der Waals surface area (Å²) < 4.78 is 0. The predicted octanol–water partition coefficient (Wildman–Crippen LogP) is 13.1. The predicted molar refractivity (Wildman–Crippen MR) is 211 cm³/mol. The minimum atomic E-state index is -1.08. The van der Waals surface area contributed by atoms with Crippen LogP contribution in [0.5, 0.6) is 0 Å². The van der Waals surface area contributed by atoms with Crippen LogP contribution >= 0.6 is 0 Å². The van der Waals surface area contributed by atoms with Gasteiger partial charge in [-0.1, -0.05) is 170 Å². The standard InChI is InChI=1S/C47H55Si/c1-31-28-36-16-12-18-40(34-20-24-38(25-21-34)46(3,4)5)42(36)44(31)48(30-33-14-10-9-11-15-33)45-32(2)29-37-17-13-19-41(43(37)45)35-22-26-39(27-23-35)47(6,7)8/h12-13,16-27,33H,9-11,14-15,28-30H2,1-8H3. The van der Waals surface area contributed by atoms with Crippen molar-refractivity contribution in [2.75, 3.05) is 0 Å². The van der Waals surface area contributed by atoms with Crippen molar-refractivity contribution >= 4 is 19.2 Å². The van der Waals surface area contributed by atoms with E-state index in [0.717, 1.165) is 18.8 Å². The van der Waals surface area contributed by atoms with E-state index in [1.165, 1.54) is 82.7 Å². The number of rotatable bonds is 6. The lowest BCUT2D eigenvalue weighted by Gasteiger charge is -2.30. The third-order valence-electron chi connectivity index (χ3n) is 11.5. The zero-order chi connectivity index (χ0) is 33.8. The van der Waals surface area contributed by atoms with Crippen LogP contribution in [0, 0.1) is 5.92 Å².